The van der Waals surface area contributed by atoms with Crippen LogP contribution in [0.2, 0.25) is 0 Å². The highest BCUT2D eigenvalue weighted by Crippen LogP contribution is 2.57. The third-order valence-electron chi connectivity index (χ3n) is 12.5. The molecule has 0 aromatic heterocycles. The van der Waals surface area contributed by atoms with Gasteiger partial charge in [0.1, 0.15) is 41.5 Å². The number of hydrogen-bond acceptors (Lipinski definition) is 17. The number of ketones is 3. The first-order valence-electron chi connectivity index (χ1n) is 20.0. The fourth-order valence-corrected chi connectivity index (χ4v) is 9.36. The normalized spacial score (nSPS) is 35.9. The van der Waals surface area contributed by atoms with Gasteiger partial charge in [0.2, 0.25) is 5.78 Å². The van der Waals surface area contributed by atoms with E-state index in [4.69, 9.17) is 33.2 Å². The van der Waals surface area contributed by atoms with Crippen LogP contribution >= 0.6 is 0 Å². The molecule has 0 saturated carbocycles. The SMILES string of the molecule is CC[C@@]1(O)C[C@@H](O[C@H]2C[C@H](N(C)C)[C@H](O[C@H]3C[C@H](O)[C@H](O[C@H]4CCC(=O)[C@H](C)O4)[C@H](C)O3)[C@H](C)O2)c2c(O)c3c(c(O)c2[C@H]1C(=O)OC)C(=O)c1cccc(O)c1C3=O. The summed E-state index contributed by atoms with van der Waals surface area (Å²) >= 11 is 0. The maximum absolute atomic E-state index is 14.0. The lowest BCUT2D eigenvalue weighted by molar-refractivity contribution is -0.324. The quantitative estimate of drug-likeness (QED) is 0.154. The molecule has 3 saturated heterocycles. The second-order valence-corrected chi connectivity index (χ2v) is 16.4. The first-order valence-corrected chi connectivity index (χ1v) is 20.0. The Morgan fingerprint density at radius 3 is 2.10 bits per heavy atom. The number of phenolic OH excluding ortho intramolecular Hbond substituents is 3. The minimum atomic E-state index is -1.93. The molecular weight excluding hydrogens is 774 g/mol. The van der Waals surface area contributed by atoms with E-state index in [1.54, 1.807) is 27.7 Å². The molecule has 13 atom stereocenters. The zero-order valence-corrected chi connectivity index (χ0v) is 34.1. The molecule has 3 aliphatic heterocycles. The average Bonchev–Trinajstić information content (AvgIpc) is 3.18. The monoisotopic (exact) mass is 827 g/mol. The Morgan fingerprint density at radius 2 is 1.47 bits per heavy atom. The largest absolute Gasteiger partial charge is 0.507 e. The zero-order valence-electron chi connectivity index (χ0n) is 34.1. The number of rotatable bonds is 9. The van der Waals surface area contributed by atoms with Crippen molar-refractivity contribution in [3.05, 3.63) is 51.6 Å². The molecule has 5 aliphatic rings. The van der Waals surface area contributed by atoms with Crippen LogP contribution in [-0.2, 0) is 42.7 Å². The molecule has 17 nitrogen and oxygen atoms in total. The van der Waals surface area contributed by atoms with E-state index < -0.39 is 119 Å². The number of carbonyl (C=O) groups is 4. The van der Waals surface area contributed by atoms with E-state index in [-0.39, 0.29) is 59.8 Å². The van der Waals surface area contributed by atoms with Crippen molar-refractivity contribution in [2.75, 3.05) is 21.2 Å². The van der Waals surface area contributed by atoms with E-state index in [0.29, 0.717) is 12.8 Å². The van der Waals surface area contributed by atoms with Crippen LogP contribution in [0, 0.1) is 0 Å². The van der Waals surface area contributed by atoms with Crippen molar-refractivity contribution in [3.63, 3.8) is 0 Å². The zero-order chi connectivity index (χ0) is 42.8. The molecule has 7 rings (SSSR count). The van der Waals surface area contributed by atoms with Gasteiger partial charge in [-0.25, -0.2) is 0 Å². The van der Waals surface area contributed by atoms with Crippen LogP contribution in [-0.4, -0.2) is 142 Å². The lowest BCUT2D eigenvalue weighted by Crippen LogP contribution is -2.58. The van der Waals surface area contributed by atoms with Gasteiger partial charge in [0.05, 0.1) is 53.8 Å². The number of Topliss-reactive ketones (excluding diaryl/α,β-unsaturated/α-hetero) is 1. The summed E-state index contributed by atoms with van der Waals surface area (Å²) in [6.07, 6.45) is -7.45. The minimum absolute atomic E-state index is 0.00418. The van der Waals surface area contributed by atoms with Gasteiger partial charge in [-0.2, -0.15) is 0 Å². The van der Waals surface area contributed by atoms with Gasteiger partial charge in [0.15, 0.2) is 30.4 Å². The number of aliphatic hydroxyl groups excluding tert-OH is 1. The van der Waals surface area contributed by atoms with Gasteiger partial charge in [-0.3, -0.25) is 19.2 Å². The number of ether oxygens (including phenoxy) is 7. The van der Waals surface area contributed by atoms with Crippen molar-refractivity contribution < 1.29 is 77.9 Å². The molecule has 2 aromatic rings. The number of phenols is 3. The van der Waals surface area contributed by atoms with Crippen molar-refractivity contribution in [2.24, 2.45) is 0 Å². The molecular formula is C42H53NO16. The third kappa shape index (κ3) is 7.54. The molecule has 3 heterocycles. The highest BCUT2D eigenvalue weighted by molar-refractivity contribution is 6.31. The molecule has 2 aliphatic carbocycles. The number of aliphatic hydroxyl groups is 2. The van der Waals surface area contributed by atoms with Crippen LogP contribution in [0.4, 0.5) is 0 Å². The number of methoxy groups -OCH3 is 1. The Labute approximate surface area is 341 Å². The predicted molar refractivity (Wildman–Crippen MR) is 203 cm³/mol. The van der Waals surface area contributed by atoms with E-state index >= 15 is 0 Å². The highest BCUT2D eigenvalue weighted by atomic mass is 16.7. The Morgan fingerprint density at radius 1 is 0.847 bits per heavy atom. The number of likely N-dealkylation sites (N-methyl/N-ethyl adjacent to an activating group) is 1. The molecule has 3 fully saturated rings. The lowest BCUT2D eigenvalue weighted by Gasteiger charge is -2.48. The first-order chi connectivity index (χ1) is 27.9. The van der Waals surface area contributed by atoms with Crippen LogP contribution in [0.1, 0.15) is 121 Å². The summed E-state index contributed by atoms with van der Waals surface area (Å²) in [4.78, 5) is 55.1. The third-order valence-corrected chi connectivity index (χ3v) is 12.5. The Kier molecular flexibility index (Phi) is 12.0. The second kappa shape index (κ2) is 16.4. The molecule has 0 radical (unpaired) electrons. The van der Waals surface area contributed by atoms with Crippen LogP contribution < -0.4 is 0 Å². The number of benzene rings is 2. The van der Waals surface area contributed by atoms with Gasteiger partial charge in [-0.15, -0.1) is 0 Å². The highest BCUT2D eigenvalue weighted by Gasteiger charge is 2.55. The lowest BCUT2D eigenvalue weighted by atomic mass is 9.66. The fourth-order valence-electron chi connectivity index (χ4n) is 9.36. The second-order valence-electron chi connectivity index (χ2n) is 16.4. The molecule has 0 bridgehead atoms. The maximum atomic E-state index is 14.0. The van der Waals surface area contributed by atoms with E-state index in [2.05, 4.69) is 0 Å². The number of esters is 1. The summed E-state index contributed by atoms with van der Waals surface area (Å²) in [5.41, 5.74) is -4.19. The molecule has 322 valence electrons. The Balaban J connectivity index is 1.16. The van der Waals surface area contributed by atoms with Gasteiger partial charge >= 0.3 is 5.97 Å². The van der Waals surface area contributed by atoms with Gasteiger partial charge in [0.25, 0.3) is 0 Å². The standard InChI is InChI=1S/C42H53NO16/c1-8-42(52)16-25(30-31(34(42)41(51)53-7)38(50)32-33(37(30)49)36(48)29-20(35(32)47)10-9-11-23(29)45)57-27-14-21(43(5)6)39(18(3)55-27)59-28-15-24(46)40(19(4)56-28)58-26-13-12-22(44)17(2)54-26/h9-11,17-19,21,24-28,34,39-40,45-46,49-50,52H,8,12-16H2,1-7H3/t17-,18-,19-,21-,24-,25+,26-,27-,28-,34-,39+,40+,42+/m0/s1. The molecule has 59 heavy (non-hydrogen) atoms. The summed E-state index contributed by atoms with van der Waals surface area (Å²) in [5.74, 6) is -6.43. The molecule has 5 N–H and O–H groups in total. The molecule has 0 amide bonds. The van der Waals surface area contributed by atoms with Crippen LogP contribution in [0.15, 0.2) is 18.2 Å². The van der Waals surface area contributed by atoms with Gasteiger partial charge in [0, 0.05) is 54.8 Å². The van der Waals surface area contributed by atoms with E-state index in [9.17, 15) is 44.7 Å². The maximum Gasteiger partial charge on any atom is 0.316 e. The number of aromatic hydroxyl groups is 3. The summed E-state index contributed by atoms with van der Waals surface area (Å²) < 4.78 is 42.4. The molecule has 0 spiro atoms. The Hall–Kier alpha value is -4.04. The topological polar surface area (TPSA) is 237 Å². The van der Waals surface area contributed by atoms with Gasteiger partial charge in [-0.1, -0.05) is 19.1 Å². The van der Waals surface area contributed by atoms with Crippen molar-refractivity contribution >= 4 is 23.3 Å². The molecule has 0 unspecified atom stereocenters. The molecule has 2 aromatic carbocycles. The fraction of sp³-hybridized carbons (Fsp3) is 0.619. The summed E-state index contributed by atoms with van der Waals surface area (Å²) in [6, 6.07) is 3.49. The summed E-state index contributed by atoms with van der Waals surface area (Å²) in [6.45, 7) is 6.82. The smallest absolute Gasteiger partial charge is 0.316 e. The Bertz CT molecular complexity index is 1990. The van der Waals surface area contributed by atoms with Gasteiger partial charge in [-0.05, 0) is 47.4 Å². The van der Waals surface area contributed by atoms with E-state index in [0.717, 1.165) is 7.11 Å². The van der Waals surface area contributed by atoms with Crippen molar-refractivity contribution in [3.8, 4) is 17.2 Å². The van der Waals surface area contributed by atoms with Crippen LogP contribution in [0.5, 0.6) is 17.2 Å². The number of hydrogen-bond donors (Lipinski definition) is 5. The van der Waals surface area contributed by atoms with Crippen LogP contribution in [0.25, 0.3) is 0 Å². The number of fused-ring (bicyclic) bond motifs is 3. The number of carbonyl (C=O) groups excluding carboxylic acids is 4. The summed E-state index contributed by atoms with van der Waals surface area (Å²) in [7, 11) is 4.78. The first kappa shape index (κ1) is 43.1. The van der Waals surface area contributed by atoms with E-state index in [1.807, 2.05) is 19.0 Å². The average molecular weight is 828 g/mol. The summed E-state index contributed by atoms with van der Waals surface area (Å²) in [5, 5.41) is 57.8. The predicted octanol–water partition coefficient (Wildman–Crippen LogP) is 2.86. The van der Waals surface area contributed by atoms with Crippen molar-refractivity contribution in [1.82, 2.24) is 4.90 Å². The van der Waals surface area contributed by atoms with Crippen LogP contribution in [0.3, 0.4) is 0 Å². The minimum Gasteiger partial charge on any atom is -0.507 e. The van der Waals surface area contributed by atoms with Gasteiger partial charge < -0.3 is 63.6 Å². The number of nitrogens with zero attached hydrogens (tertiary/aromatic N) is 1. The van der Waals surface area contributed by atoms with Crippen molar-refractivity contribution in [2.45, 2.75) is 145 Å². The van der Waals surface area contributed by atoms with E-state index in [1.165, 1.54) is 18.2 Å². The molecule has 17 heteroatoms. The van der Waals surface area contributed by atoms with Crippen molar-refractivity contribution in [1.29, 1.82) is 0 Å².